The molecule has 0 bridgehead atoms. The molecule has 6 nitrogen and oxygen atoms in total. The first-order chi connectivity index (χ1) is 8.15. The molecule has 2 heterocycles. The van der Waals surface area contributed by atoms with Crippen molar-refractivity contribution in [1.82, 2.24) is 15.0 Å². The number of rotatable bonds is 2. The van der Waals surface area contributed by atoms with Crippen LogP contribution in [-0.4, -0.2) is 20.9 Å². The fourth-order valence-electron chi connectivity index (χ4n) is 1.24. The van der Waals surface area contributed by atoms with Gasteiger partial charge in [0.15, 0.2) is 0 Å². The number of carbonyl (C=O) groups excluding carboxylic acids is 1. The zero-order valence-corrected chi connectivity index (χ0v) is 9.21. The van der Waals surface area contributed by atoms with Crippen molar-refractivity contribution in [1.29, 1.82) is 0 Å². The summed E-state index contributed by atoms with van der Waals surface area (Å²) in [6.07, 6.45) is 3.02. The van der Waals surface area contributed by atoms with Gasteiger partial charge in [0.05, 0.1) is 11.9 Å². The van der Waals surface area contributed by atoms with Gasteiger partial charge in [0.1, 0.15) is 5.69 Å². The molecule has 2 aromatic rings. The molecule has 0 atom stereocenters. The molecule has 6 heteroatoms. The van der Waals surface area contributed by atoms with Crippen molar-refractivity contribution < 1.29 is 4.79 Å². The van der Waals surface area contributed by atoms with Gasteiger partial charge in [-0.3, -0.25) is 9.78 Å². The Hall–Kier alpha value is -2.50. The highest BCUT2D eigenvalue weighted by molar-refractivity contribution is 6.02. The van der Waals surface area contributed by atoms with Crippen LogP contribution in [0.25, 0.3) is 0 Å². The van der Waals surface area contributed by atoms with E-state index in [1.165, 1.54) is 12.3 Å². The van der Waals surface area contributed by atoms with Crippen LogP contribution in [0.4, 0.5) is 11.6 Å². The summed E-state index contributed by atoms with van der Waals surface area (Å²) in [5, 5.41) is 2.67. The maximum atomic E-state index is 11.8. The number of nitrogen functional groups attached to an aromatic ring is 1. The summed E-state index contributed by atoms with van der Waals surface area (Å²) in [6.45, 7) is 1.87. The van der Waals surface area contributed by atoms with Gasteiger partial charge in [-0.2, -0.15) is 0 Å². The molecule has 0 aromatic carbocycles. The van der Waals surface area contributed by atoms with Crippen LogP contribution in [-0.2, 0) is 0 Å². The van der Waals surface area contributed by atoms with Gasteiger partial charge >= 0.3 is 0 Å². The number of pyridine rings is 1. The molecule has 0 unspecified atom stereocenters. The first-order valence-corrected chi connectivity index (χ1v) is 4.97. The highest BCUT2D eigenvalue weighted by atomic mass is 16.1. The normalized spacial score (nSPS) is 9.94. The zero-order chi connectivity index (χ0) is 12.3. The maximum absolute atomic E-state index is 11.8. The van der Waals surface area contributed by atoms with Gasteiger partial charge in [-0.1, -0.05) is 0 Å². The summed E-state index contributed by atoms with van der Waals surface area (Å²) in [7, 11) is 0. The van der Waals surface area contributed by atoms with E-state index in [1.807, 2.05) is 13.0 Å². The molecule has 0 aliphatic rings. The van der Waals surface area contributed by atoms with Crippen LogP contribution >= 0.6 is 0 Å². The predicted molar refractivity (Wildman–Crippen MR) is 63.4 cm³/mol. The van der Waals surface area contributed by atoms with E-state index >= 15 is 0 Å². The highest BCUT2D eigenvalue weighted by Gasteiger charge is 2.08. The lowest BCUT2D eigenvalue weighted by molar-refractivity contribution is 0.102. The Labute approximate surface area is 97.9 Å². The van der Waals surface area contributed by atoms with Crippen LogP contribution in [0.2, 0.25) is 0 Å². The number of carbonyl (C=O) groups is 1. The minimum Gasteiger partial charge on any atom is -0.368 e. The minimum atomic E-state index is -0.343. The smallest absolute Gasteiger partial charge is 0.274 e. The van der Waals surface area contributed by atoms with Crippen molar-refractivity contribution in [3.8, 4) is 0 Å². The molecular weight excluding hydrogens is 218 g/mol. The van der Waals surface area contributed by atoms with E-state index in [9.17, 15) is 4.79 Å². The highest BCUT2D eigenvalue weighted by Crippen LogP contribution is 2.07. The second kappa shape index (κ2) is 4.56. The number of aryl methyl sites for hydroxylation is 1. The number of nitrogens with one attached hydrogen (secondary N) is 1. The molecule has 0 saturated carbocycles. The van der Waals surface area contributed by atoms with Crippen LogP contribution in [0.5, 0.6) is 0 Å². The maximum Gasteiger partial charge on any atom is 0.274 e. The largest absolute Gasteiger partial charge is 0.368 e. The average molecular weight is 229 g/mol. The van der Waals surface area contributed by atoms with Crippen molar-refractivity contribution in [2.45, 2.75) is 6.92 Å². The second-order valence-electron chi connectivity index (χ2n) is 3.44. The SMILES string of the molecule is Cc1ccc(NC(=O)c2ccnc(N)n2)cn1. The quantitative estimate of drug-likeness (QED) is 0.801. The van der Waals surface area contributed by atoms with Gasteiger partial charge in [-0.25, -0.2) is 9.97 Å². The van der Waals surface area contributed by atoms with Gasteiger partial charge < -0.3 is 11.1 Å². The fraction of sp³-hybridized carbons (Fsp3) is 0.0909. The molecular formula is C11H11N5O. The lowest BCUT2D eigenvalue weighted by atomic mass is 10.3. The van der Waals surface area contributed by atoms with Gasteiger partial charge in [0.2, 0.25) is 5.95 Å². The minimum absolute atomic E-state index is 0.0691. The number of anilines is 2. The number of amides is 1. The zero-order valence-electron chi connectivity index (χ0n) is 9.21. The summed E-state index contributed by atoms with van der Waals surface area (Å²) in [6, 6.07) is 5.07. The third-order valence-electron chi connectivity index (χ3n) is 2.08. The molecule has 1 amide bonds. The van der Waals surface area contributed by atoms with Crippen LogP contribution in [0.3, 0.4) is 0 Å². The summed E-state index contributed by atoms with van der Waals surface area (Å²) < 4.78 is 0. The van der Waals surface area contributed by atoms with Gasteiger partial charge in [0, 0.05) is 11.9 Å². The fourth-order valence-corrected chi connectivity index (χ4v) is 1.24. The topological polar surface area (TPSA) is 93.8 Å². The Bertz CT molecular complexity index is 538. The molecule has 17 heavy (non-hydrogen) atoms. The standard InChI is InChI=1S/C11H11N5O/c1-7-2-3-8(6-14-7)15-10(17)9-4-5-13-11(12)16-9/h2-6H,1H3,(H,15,17)(H2,12,13,16). The number of hydrogen-bond donors (Lipinski definition) is 2. The van der Waals surface area contributed by atoms with Gasteiger partial charge in [0.25, 0.3) is 5.91 Å². The lowest BCUT2D eigenvalue weighted by Crippen LogP contribution is -2.14. The van der Waals surface area contributed by atoms with Crippen LogP contribution in [0, 0.1) is 6.92 Å². The number of aromatic nitrogens is 3. The van der Waals surface area contributed by atoms with Crippen LogP contribution in [0.1, 0.15) is 16.2 Å². The molecule has 2 rings (SSSR count). The molecule has 0 aliphatic heterocycles. The molecule has 3 N–H and O–H groups in total. The van der Waals surface area contributed by atoms with Crippen molar-refractivity contribution in [2.75, 3.05) is 11.1 Å². The summed E-state index contributed by atoms with van der Waals surface area (Å²) in [5.74, 6) is -0.274. The Morgan fingerprint density at radius 2 is 2.12 bits per heavy atom. The van der Waals surface area contributed by atoms with Crippen LogP contribution in [0.15, 0.2) is 30.6 Å². The second-order valence-corrected chi connectivity index (χ2v) is 3.44. The van der Waals surface area contributed by atoms with E-state index in [0.29, 0.717) is 5.69 Å². The summed E-state index contributed by atoms with van der Waals surface area (Å²) in [5.41, 5.74) is 7.11. The summed E-state index contributed by atoms with van der Waals surface area (Å²) in [4.78, 5) is 23.4. The molecule has 0 aliphatic carbocycles. The molecule has 0 radical (unpaired) electrons. The first kappa shape index (κ1) is 11.0. The van der Waals surface area contributed by atoms with Gasteiger partial charge in [-0.05, 0) is 25.1 Å². The Morgan fingerprint density at radius 3 is 2.76 bits per heavy atom. The predicted octanol–water partition coefficient (Wildman–Crippen LogP) is 1.01. The third-order valence-corrected chi connectivity index (χ3v) is 2.08. The Balaban J connectivity index is 2.14. The number of nitrogens with two attached hydrogens (primary N) is 1. The van der Waals surface area contributed by atoms with E-state index in [-0.39, 0.29) is 17.5 Å². The Morgan fingerprint density at radius 1 is 1.29 bits per heavy atom. The molecule has 0 spiro atoms. The van der Waals surface area contributed by atoms with Crippen molar-refractivity contribution in [3.63, 3.8) is 0 Å². The van der Waals surface area contributed by atoms with E-state index < -0.39 is 0 Å². The van der Waals surface area contributed by atoms with E-state index in [0.717, 1.165) is 5.69 Å². The Kier molecular flexibility index (Phi) is 2.95. The van der Waals surface area contributed by atoms with Crippen molar-refractivity contribution >= 4 is 17.5 Å². The van der Waals surface area contributed by atoms with Gasteiger partial charge in [-0.15, -0.1) is 0 Å². The lowest BCUT2D eigenvalue weighted by Gasteiger charge is -2.04. The molecule has 86 valence electrons. The molecule has 0 saturated heterocycles. The van der Waals surface area contributed by atoms with E-state index in [4.69, 9.17) is 5.73 Å². The van der Waals surface area contributed by atoms with Crippen molar-refractivity contribution in [3.05, 3.63) is 42.0 Å². The third kappa shape index (κ3) is 2.75. The molecule has 2 aromatic heterocycles. The van der Waals surface area contributed by atoms with Crippen LogP contribution < -0.4 is 11.1 Å². The summed E-state index contributed by atoms with van der Waals surface area (Å²) >= 11 is 0. The first-order valence-electron chi connectivity index (χ1n) is 4.97. The number of nitrogens with zero attached hydrogens (tertiary/aromatic N) is 3. The van der Waals surface area contributed by atoms with Crippen molar-refractivity contribution in [2.24, 2.45) is 0 Å². The average Bonchev–Trinajstić information content (AvgIpc) is 2.32. The number of hydrogen-bond acceptors (Lipinski definition) is 5. The molecule has 0 fully saturated rings. The van der Waals surface area contributed by atoms with E-state index in [1.54, 1.807) is 12.3 Å². The monoisotopic (exact) mass is 229 g/mol. The van der Waals surface area contributed by atoms with E-state index in [2.05, 4.69) is 20.3 Å².